The minimum absolute atomic E-state index is 0.0575. The zero-order valence-electron chi connectivity index (χ0n) is 15.0. The van der Waals surface area contributed by atoms with Crippen molar-refractivity contribution < 1.29 is 22.5 Å². The summed E-state index contributed by atoms with van der Waals surface area (Å²) in [7, 11) is -3.86. The Morgan fingerprint density at radius 2 is 1.71 bits per heavy atom. The number of nitrogens with one attached hydrogen (secondary N) is 1. The second-order valence-corrected chi connectivity index (χ2v) is 8.09. The zero-order valence-corrected chi connectivity index (χ0v) is 15.8. The molecule has 1 aliphatic heterocycles. The van der Waals surface area contributed by atoms with E-state index in [0.717, 1.165) is 17.7 Å². The van der Waals surface area contributed by atoms with Crippen molar-refractivity contribution in [2.24, 2.45) is 0 Å². The summed E-state index contributed by atoms with van der Waals surface area (Å²) in [5.41, 5.74) is 0.603. The summed E-state index contributed by atoms with van der Waals surface area (Å²) in [4.78, 5) is 12.2. The minimum Gasteiger partial charge on any atom is -0.379 e. The maximum atomic E-state index is 13.3. The Bertz CT molecular complexity index is 913. The highest BCUT2D eigenvalue weighted by Crippen LogP contribution is 2.23. The van der Waals surface area contributed by atoms with E-state index in [2.05, 4.69) is 9.62 Å². The third-order valence-electron chi connectivity index (χ3n) is 4.57. The molecule has 2 aromatic rings. The zero-order chi connectivity index (χ0) is 20.1. The first kappa shape index (κ1) is 20.3. The first-order chi connectivity index (χ1) is 13.4. The van der Waals surface area contributed by atoms with Crippen molar-refractivity contribution in [2.75, 3.05) is 32.8 Å². The van der Waals surface area contributed by atoms with E-state index in [1.807, 2.05) is 0 Å². The third kappa shape index (κ3) is 4.90. The largest absolute Gasteiger partial charge is 0.379 e. The summed E-state index contributed by atoms with van der Waals surface area (Å²) in [5, 5.41) is 10.7. The quantitative estimate of drug-likeness (QED) is 0.555. The number of nitrogens with zero attached hydrogens (tertiary/aromatic N) is 2. The molecule has 0 bridgehead atoms. The van der Waals surface area contributed by atoms with Crippen LogP contribution in [-0.4, -0.2) is 51.1 Å². The van der Waals surface area contributed by atoms with E-state index >= 15 is 0 Å². The molecule has 0 unspecified atom stereocenters. The second kappa shape index (κ2) is 8.74. The van der Waals surface area contributed by atoms with Crippen molar-refractivity contribution in [3.63, 3.8) is 0 Å². The Morgan fingerprint density at radius 1 is 1.11 bits per heavy atom. The highest BCUT2D eigenvalue weighted by atomic mass is 32.2. The molecule has 1 N–H and O–H groups in total. The topological polar surface area (TPSA) is 102 Å². The van der Waals surface area contributed by atoms with Crippen LogP contribution in [0.25, 0.3) is 0 Å². The van der Waals surface area contributed by atoms with Crippen molar-refractivity contribution >= 4 is 15.7 Å². The maximum Gasteiger partial charge on any atom is 0.269 e. The average molecular weight is 409 g/mol. The van der Waals surface area contributed by atoms with Crippen LogP contribution in [0.2, 0.25) is 0 Å². The van der Waals surface area contributed by atoms with Crippen LogP contribution in [-0.2, 0) is 14.8 Å². The highest BCUT2D eigenvalue weighted by molar-refractivity contribution is 7.89. The Hall–Kier alpha value is -2.40. The van der Waals surface area contributed by atoms with Crippen molar-refractivity contribution in [1.82, 2.24) is 9.62 Å². The van der Waals surface area contributed by atoms with Gasteiger partial charge in [-0.25, -0.2) is 17.5 Å². The summed E-state index contributed by atoms with van der Waals surface area (Å²) >= 11 is 0. The fourth-order valence-corrected chi connectivity index (χ4v) is 4.09. The van der Waals surface area contributed by atoms with E-state index in [9.17, 15) is 22.9 Å². The fraction of sp³-hybridized carbons (Fsp3) is 0.333. The van der Waals surface area contributed by atoms with E-state index in [1.165, 1.54) is 24.3 Å². The van der Waals surface area contributed by atoms with Crippen molar-refractivity contribution in [1.29, 1.82) is 0 Å². The van der Waals surface area contributed by atoms with Gasteiger partial charge in [-0.15, -0.1) is 0 Å². The maximum absolute atomic E-state index is 13.3. The van der Waals surface area contributed by atoms with Gasteiger partial charge >= 0.3 is 0 Å². The van der Waals surface area contributed by atoms with Crippen LogP contribution >= 0.6 is 0 Å². The molecule has 2 aromatic carbocycles. The number of morpholine rings is 1. The van der Waals surface area contributed by atoms with E-state index < -0.39 is 14.9 Å². The van der Waals surface area contributed by atoms with Crippen LogP contribution < -0.4 is 4.72 Å². The summed E-state index contributed by atoms with van der Waals surface area (Å²) in [5.74, 6) is -0.365. The molecule has 1 saturated heterocycles. The van der Waals surface area contributed by atoms with Crippen LogP contribution in [0.4, 0.5) is 10.1 Å². The SMILES string of the molecule is O=[N+]([O-])c1ccc(S(=O)(=O)NC[C@H](c2ccc(F)cc2)N2CCOCC2)cc1. The van der Waals surface area contributed by atoms with E-state index in [1.54, 1.807) is 12.1 Å². The molecule has 0 spiro atoms. The average Bonchev–Trinajstić information content (AvgIpc) is 2.70. The molecule has 28 heavy (non-hydrogen) atoms. The fourth-order valence-electron chi connectivity index (χ4n) is 3.05. The lowest BCUT2D eigenvalue weighted by atomic mass is 10.0. The number of halogens is 1. The number of non-ortho nitro benzene ring substituents is 1. The van der Waals surface area contributed by atoms with Crippen LogP contribution in [0.5, 0.6) is 0 Å². The molecule has 150 valence electrons. The van der Waals surface area contributed by atoms with E-state index in [0.29, 0.717) is 26.3 Å². The van der Waals surface area contributed by atoms with Gasteiger partial charge in [0, 0.05) is 37.8 Å². The molecule has 3 rings (SSSR count). The Labute approximate surface area is 162 Å². The minimum atomic E-state index is -3.86. The van der Waals surface area contributed by atoms with Gasteiger partial charge in [-0.3, -0.25) is 15.0 Å². The number of nitro groups is 1. The molecule has 8 nitrogen and oxygen atoms in total. The predicted octanol–water partition coefficient (Wildman–Crippen LogP) is 2.09. The van der Waals surface area contributed by atoms with Gasteiger partial charge in [-0.1, -0.05) is 12.1 Å². The molecule has 1 aliphatic rings. The first-order valence-electron chi connectivity index (χ1n) is 8.68. The lowest BCUT2D eigenvalue weighted by molar-refractivity contribution is -0.384. The van der Waals surface area contributed by atoms with Crippen LogP contribution in [0, 0.1) is 15.9 Å². The number of sulfonamides is 1. The standard InChI is InChI=1S/C18H20FN3O5S/c19-15-3-1-14(2-4-15)18(21-9-11-27-12-10-21)13-20-28(25,26)17-7-5-16(6-8-17)22(23)24/h1-8,18,20H,9-13H2/t18-/m1/s1. The lowest BCUT2D eigenvalue weighted by Gasteiger charge is -2.34. The number of benzene rings is 2. The lowest BCUT2D eigenvalue weighted by Crippen LogP contribution is -2.43. The molecular weight excluding hydrogens is 389 g/mol. The molecule has 1 heterocycles. The normalized spacial score (nSPS) is 16.6. The van der Waals surface area contributed by atoms with Crippen molar-refractivity contribution in [2.45, 2.75) is 10.9 Å². The molecule has 0 radical (unpaired) electrons. The van der Waals surface area contributed by atoms with Crippen LogP contribution in [0.1, 0.15) is 11.6 Å². The molecular formula is C18H20FN3O5S. The third-order valence-corrected chi connectivity index (χ3v) is 6.01. The van der Waals surface area contributed by atoms with Crippen molar-refractivity contribution in [3.05, 3.63) is 70.0 Å². The number of hydrogen-bond donors (Lipinski definition) is 1. The van der Waals surface area contributed by atoms with Gasteiger partial charge in [0.2, 0.25) is 10.0 Å². The van der Waals surface area contributed by atoms with Gasteiger partial charge in [0.05, 0.1) is 23.0 Å². The first-order valence-corrected chi connectivity index (χ1v) is 10.2. The van der Waals surface area contributed by atoms with Gasteiger partial charge < -0.3 is 4.74 Å². The molecule has 1 fully saturated rings. The van der Waals surface area contributed by atoms with Crippen LogP contribution in [0.3, 0.4) is 0 Å². The monoisotopic (exact) mass is 409 g/mol. The number of hydrogen-bond acceptors (Lipinski definition) is 6. The molecule has 0 aliphatic carbocycles. The van der Waals surface area contributed by atoms with E-state index in [4.69, 9.17) is 4.74 Å². The highest BCUT2D eigenvalue weighted by Gasteiger charge is 2.25. The molecule has 0 saturated carbocycles. The van der Waals surface area contributed by atoms with Gasteiger partial charge in [0.15, 0.2) is 0 Å². The van der Waals surface area contributed by atoms with Gasteiger partial charge in [0.25, 0.3) is 5.69 Å². The Morgan fingerprint density at radius 3 is 2.29 bits per heavy atom. The second-order valence-electron chi connectivity index (χ2n) is 6.32. The molecule has 1 atom stereocenters. The van der Waals surface area contributed by atoms with Crippen LogP contribution in [0.15, 0.2) is 53.4 Å². The van der Waals surface area contributed by atoms with Crippen molar-refractivity contribution in [3.8, 4) is 0 Å². The van der Waals surface area contributed by atoms with E-state index in [-0.39, 0.29) is 29.0 Å². The number of nitro benzene ring substituents is 1. The summed E-state index contributed by atoms with van der Waals surface area (Å²) < 4.78 is 46.4. The Kier molecular flexibility index (Phi) is 6.35. The predicted molar refractivity (Wildman–Crippen MR) is 99.8 cm³/mol. The summed E-state index contributed by atoms with van der Waals surface area (Å²) in [6.07, 6.45) is 0. The molecule has 0 amide bonds. The van der Waals surface area contributed by atoms with Gasteiger partial charge in [-0.05, 0) is 29.8 Å². The summed E-state index contributed by atoms with van der Waals surface area (Å²) in [6, 6.07) is 10.3. The Balaban J connectivity index is 1.78. The smallest absolute Gasteiger partial charge is 0.269 e. The number of rotatable bonds is 7. The van der Waals surface area contributed by atoms with Gasteiger partial charge in [0.1, 0.15) is 5.82 Å². The summed E-state index contributed by atoms with van der Waals surface area (Å²) in [6.45, 7) is 2.40. The number of ether oxygens (including phenoxy) is 1. The molecule has 0 aromatic heterocycles. The molecule has 10 heteroatoms. The van der Waals surface area contributed by atoms with Gasteiger partial charge in [-0.2, -0.15) is 0 Å².